The first kappa shape index (κ1) is 18.9. The molecule has 0 atom stereocenters. The SMILES string of the molecule is COc1ccc(/C=C(\C)C(=O)NCCN2C(=O)CSC2=O)cc1OC. The fraction of sp³-hybridized carbons (Fsp3) is 0.353. The molecule has 0 bridgehead atoms. The van der Waals surface area contributed by atoms with E-state index < -0.39 is 0 Å². The van der Waals surface area contributed by atoms with Crippen LogP contribution in [0.2, 0.25) is 0 Å². The van der Waals surface area contributed by atoms with Crippen LogP contribution in [0.1, 0.15) is 12.5 Å². The molecule has 2 rings (SSSR count). The van der Waals surface area contributed by atoms with Gasteiger partial charge in [-0.3, -0.25) is 19.3 Å². The lowest BCUT2D eigenvalue weighted by Crippen LogP contribution is -2.37. The maximum Gasteiger partial charge on any atom is 0.288 e. The van der Waals surface area contributed by atoms with E-state index >= 15 is 0 Å². The first-order valence-electron chi connectivity index (χ1n) is 7.62. The van der Waals surface area contributed by atoms with Crippen LogP contribution in [0.25, 0.3) is 6.08 Å². The molecule has 25 heavy (non-hydrogen) atoms. The predicted molar refractivity (Wildman–Crippen MR) is 95.8 cm³/mol. The van der Waals surface area contributed by atoms with Gasteiger partial charge in [0.15, 0.2) is 11.5 Å². The minimum absolute atomic E-state index is 0.172. The van der Waals surface area contributed by atoms with Crippen molar-refractivity contribution >= 4 is 34.9 Å². The molecule has 0 aliphatic carbocycles. The Balaban J connectivity index is 1.94. The summed E-state index contributed by atoms with van der Waals surface area (Å²) >= 11 is 0.978. The second kappa shape index (κ2) is 8.57. The summed E-state index contributed by atoms with van der Waals surface area (Å²) in [6.45, 7) is 2.09. The summed E-state index contributed by atoms with van der Waals surface area (Å²) in [5.41, 5.74) is 1.30. The molecular weight excluding hydrogens is 344 g/mol. The van der Waals surface area contributed by atoms with Gasteiger partial charge in [-0.1, -0.05) is 17.8 Å². The first-order chi connectivity index (χ1) is 12.0. The lowest BCUT2D eigenvalue weighted by molar-refractivity contribution is -0.125. The number of ether oxygens (including phenoxy) is 2. The van der Waals surface area contributed by atoms with Crippen LogP contribution in [0.15, 0.2) is 23.8 Å². The number of imide groups is 1. The molecule has 0 unspecified atom stereocenters. The number of methoxy groups -OCH3 is 2. The molecule has 3 amide bonds. The Labute approximate surface area is 150 Å². The van der Waals surface area contributed by atoms with E-state index in [1.807, 2.05) is 6.07 Å². The lowest BCUT2D eigenvalue weighted by Gasteiger charge is -2.13. The summed E-state index contributed by atoms with van der Waals surface area (Å²) in [5, 5.41) is 2.44. The number of thioether (sulfide) groups is 1. The number of nitrogens with one attached hydrogen (secondary N) is 1. The van der Waals surface area contributed by atoms with Crippen LogP contribution in [-0.2, 0) is 9.59 Å². The van der Waals surface area contributed by atoms with Crippen molar-refractivity contribution < 1.29 is 23.9 Å². The van der Waals surface area contributed by atoms with Gasteiger partial charge < -0.3 is 14.8 Å². The van der Waals surface area contributed by atoms with E-state index in [-0.39, 0.29) is 35.9 Å². The van der Waals surface area contributed by atoms with Crippen LogP contribution in [0.5, 0.6) is 11.5 Å². The number of carbonyl (C=O) groups is 3. The molecule has 1 aliphatic heterocycles. The van der Waals surface area contributed by atoms with Crippen LogP contribution in [-0.4, -0.2) is 55.0 Å². The maximum atomic E-state index is 12.1. The molecule has 7 nitrogen and oxygen atoms in total. The van der Waals surface area contributed by atoms with Gasteiger partial charge in [-0.25, -0.2) is 0 Å². The van der Waals surface area contributed by atoms with Crippen molar-refractivity contribution in [2.75, 3.05) is 33.1 Å². The molecule has 134 valence electrons. The van der Waals surface area contributed by atoms with Crippen molar-refractivity contribution in [3.05, 3.63) is 29.3 Å². The number of amides is 3. The van der Waals surface area contributed by atoms with E-state index in [0.29, 0.717) is 17.1 Å². The van der Waals surface area contributed by atoms with E-state index in [1.54, 1.807) is 39.4 Å². The Kier molecular flexibility index (Phi) is 6.46. The monoisotopic (exact) mass is 364 g/mol. The van der Waals surface area contributed by atoms with Gasteiger partial charge in [0.25, 0.3) is 5.24 Å². The van der Waals surface area contributed by atoms with E-state index in [2.05, 4.69) is 5.32 Å². The third-order valence-electron chi connectivity index (χ3n) is 3.61. The van der Waals surface area contributed by atoms with Gasteiger partial charge in [0.05, 0.1) is 20.0 Å². The highest BCUT2D eigenvalue weighted by atomic mass is 32.2. The molecule has 0 saturated carbocycles. The third kappa shape index (κ3) is 4.76. The summed E-state index contributed by atoms with van der Waals surface area (Å²) in [7, 11) is 3.10. The zero-order chi connectivity index (χ0) is 18.4. The second-order valence-corrected chi connectivity index (χ2v) is 6.22. The van der Waals surface area contributed by atoms with Crippen molar-refractivity contribution in [2.24, 2.45) is 0 Å². The molecule has 0 aromatic heterocycles. The Morgan fingerprint density at radius 3 is 2.60 bits per heavy atom. The minimum atomic E-state index is -0.267. The quantitative estimate of drug-likeness (QED) is 0.744. The Hall–Kier alpha value is -2.48. The molecule has 0 radical (unpaired) electrons. The Morgan fingerprint density at radius 2 is 2.00 bits per heavy atom. The minimum Gasteiger partial charge on any atom is -0.493 e. The fourth-order valence-corrected chi connectivity index (χ4v) is 3.03. The van der Waals surface area contributed by atoms with Gasteiger partial charge in [0.1, 0.15) is 0 Å². The molecular formula is C17H20N2O5S. The third-order valence-corrected chi connectivity index (χ3v) is 4.47. The smallest absolute Gasteiger partial charge is 0.288 e. The molecule has 1 fully saturated rings. The first-order valence-corrected chi connectivity index (χ1v) is 8.60. The number of hydrogen-bond donors (Lipinski definition) is 1. The summed E-state index contributed by atoms with van der Waals surface area (Å²) in [4.78, 5) is 36.2. The summed E-state index contributed by atoms with van der Waals surface area (Å²) in [5.74, 6) is 0.876. The highest BCUT2D eigenvalue weighted by molar-refractivity contribution is 8.14. The maximum absolute atomic E-state index is 12.1. The average molecular weight is 364 g/mol. The zero-order valence-corrected chi connectivity index (χ0v) is 15.1. The average Bonchev–Trinajstić information content (AvgIpc) is 2.93. The van der Waals surface area contributed by atoms with E-state index in [1.165, 1.54) is 0 Å². The summed E-state index contributed by atoms with van der Waals surface area (Å²) in [6.07, 6.45) is 1.72. The zero-order valence-electron chi connectivity index (χ0n) is 14.3. The van der Waals surface area contributed by atoms with Gasteiger partial charge in [-0.2, -0.15) is 0 Å². The fourth-order valence-electron chi connectivity index (χ4n) is 2.28. The number of carbonyl (C=O) groups excluding carboxylic acids is 3. The van der Waals surface area contributed by atoms with Crippen molar-refractivity contribution in [3.8, 4) is 11.5 Å². The predicted octanol–water partition coefficient (Wildman–Crippen LogP) is 1.92. The van der Waals surface area contributed by atoms with Crippen LogP contribution in [0.4, 0.5) is 4.79 Å². The molecule has 1 aromatic carbocycles. The number of nitrogens with zero attached hydrogens (tertiary/aromatic N) is 1. The lowest BCUT2D eigenvalue weighted by atomic mass is 10.1. The van der Waals surface area contributed by atoms with E-state index in [9.17, 15) is 14.4 Å². The standard InChI is InChI=1S/C17H20N2O5S/c1-11(8-12-4-5-13(23-2)14(9-12)24-3)16(21)18-6-7-19-15(20)10-25-17(19)22/h4-5,8-9H,6-7,10H2,1-3H3,(H,18,21)/b11-8+. The van der Waals surface area contributed by atoms with Crippen LogP contribution in [0, 0.1) is 0 Å². The van der Waals surface area contributed by atoms with Crippen molar-refractivity contribution in [2.45, 2.75) is 6.92 Å². The number of rotatable bonds is 7. The van der Waals surface area contributed by atoms with Crippen LogP contribution < -0.4 is 14.8 Å². The molecule has 1 saturated heterocycles. The van der Waals surface area contributed by atoms with Crippen molar-refractivity contribution in [3.63, 3.8) is 0 Å². The van der Waals surface area contributed by atoms with E-state index in [4.69, 9.17) is 9.47 Å². The van der Waals surface area contributed by atoms with Crippen LogP contribution >= 0.6 is 11.8 Å². The van der Waals surface area contributed by atoms with Gasteiger partial charge in [0, 0.05) is 18.7 Å². The molecule has 0 spiro atoms. The second-order valence-electron chi connectivity index (χ2n) is 5.30. The highest BCUT2D eigenvalue weighted by Gasteiger charge is 2.29. The van der Waals surface area contributed by atoms with Gasteiger partial charge in [-0.05, 0) is 30.7 Å². The Bertz CT molecular complexity index is 701. The largest absolute Gasteiger partial charge is 0.493 e. The van der Waals surface area contributed by atoms with E-state index in [0.717, 1.165) is 22.2 Å². The summed E-state index contributed by atoms with van der Waals surface area (Å²) in [6, 6.07) is 5.35. The molecule has 1 aromatic rings. The van der Waals surface area contributed by atoms with Crippen molar-refractivity contribution in [1.82, 2.24) is 10.2 Å². The molecule has 1 aliphatic rings. The highest BCUT2D eigenvalue weighted by Crippen LogP contribution is 2.28. The Morgan fingerprint density at radius 1 is 1.28 bits per heavy atom. The van der Waals surface area contributed by atoms with Gasteiger partial charge in [-0.15, -0.1) is 0 Å². The van der Waals surface area contributed by atoms with Crippen molar-refractivity contribution in [1.29, 1.82) is 0 Å². The summed E-state index contributed by atoms with van der Waals surface area (Å²) < 4.78 is 10.4. The van der Waals surface area contributed by atoms with Gasteiger partial charge in [0.2, 0.25) is 11.8 Å². The molecule has 8 heteroatoms. The van der Waals surface area contributed by atoms with Gasteiger partial charge >= 0.3 is 0 Å². The number of benzene rings is 1. The number of hydrogen-bond acceptors (Lipinski definition) is 6. The topological polar surface area (TPSA) is 84.9 Å². The normalized spacial score (nSPS) is 14.7. The molecule has 1 N–H and O–H groups in total. The van der Waals surface area contributed by atoms with Crippen LogP contribution in [0.3, 0.4) is 0 Å². The molecule has 1 heterocycles.